The van der Waals surface area contributed by atoms with Gasteiger partial charge in [0.2, 0.25) is 10.9 Å². The SMILES string of the molecule is COC(=O)c1ccc(CSc2nnc(Nc3ccccc3C)s2)o1. The zero-order chi connectivity index (χ0) is 16.9. The molecule has 0 saturated heterocycles. The van der Waals surface area contributed by atoms with Crippen molar-refractivity contribution >= 4 is 39.9 Å². The predicted octanol–water partition coefficient (Wildman–Crippen LogP) is 4.26. The van der Waals surface area contributed by atoms with E-state index in [4.69, 9.17) is 4.42 Å². The largest absolute Gasteiger partial charge is 0.463 e. The number of ether oxygens (including phenoxy) is 1. The molecule has 0 fully saturated rings. The number of anilines is 2. The van der Waals surface area contributed by atoms with Crippen molar-refractivity contribution in [3.8, 4) is 0 Å². The molecule has 1 aromatic carbocycles. The number of hydrogen-bond donors (Lipinski definition) is 1. The first-order valence-corrected chi connectivity index (χ1v) is 8.92. The molecule has 3 aromatic rings. The van der Waals surface area contributed by atoms with Crippen molar-refractivity contribution in [1.29, 1.82) is 0 Å². The van der Waals surface area contributed by atoms with Gasteiger partial charge in [0, 0.05) is 5.69 Å². The molecule has 0 amide bonds. The minimum Gasteiger partial charge on any atom is -0.463 e. The summed E-state index contributed by atoms with van der Waals surface area (Å²) in [6.45, 7) is 2.04. The number of thioether (sulfide) groups is 1. The molecular weight excluding hydrogens is 346 g/mol. The van der Waals surface area contributed by atoms with Gasteiger partial charge < -0.3 is 14.5 Å². The number of benzene rings is 1. The van der Waals surface area contributed by atoms with E-state index in [1.165, 1.54) is 30.2 Å². The first-order chi connectivity index (χ1) is 11.7. The highest BCUT2D eigenvalue weighted by Gasteiger charge is 2.12. The van der Waals surface area contributed by atoms with Crippen LogP contribution in [0.1, 0.15) is 21.9 Å². The Bertz CT molecular complexity index is 844. The van der Waals surface area contributed by atoms with Crippen molar-refractivity contribution < 1.29 is 13.9 Å². The average Bonchev–Trinajstić information content (AvgIpc) is 3.24. The third kappa shape index (κ3) is 3.95. The van der Waals surface area contributed by atoms with Crippen LogP contribution in [0, 0.1) is 6.92 Å². The zero-order valence-corrected chi connectivity index (χ0v) is 14.7. The van der Waals surface area contributed by atoms with E-state index in [1.54, 1.807) is 12.1 Å². The van der Waals surface area contributed by atoms with Gasteiger partial charge in [-0.05, 0) is 30.7 Å². The Morgan fingerprint density at radius 1 is 1.29 bits per heavy atom. The van der Waals surface area contributed by atoms with E-state index < -0.39 is 5.97 Å². The lowest BCUT2D eigenvalue weighted by Crippen LogP contribution is -1.98. The molecule has 0 aliphatic rings. The molecule has 8 heteroatoms. The summed E-state index contributed by atoms with van der Waals surface area (Å²) >= 11 is 2.97. The van der Waals surface area contributed by atoms with Crippen LogP contribution in [0.15, 0.2) is 45.2 Å². The van der Waals surface area contributed by atoms with E-state index in [2.05, 4.69) is 20.3 Å². The van der Waals surface area contributed by atoms with Gasteiger partial charge in [0.15, 0.2) is 4.34 Å². The Morgan fingerprint density at radius 3 is 2.92 bits per heavy atom. The van der Waals surface area contributed by atoms with Gasteiger partial charge in [-0.1, -0.05) is 41.3 Å². The van der Waals surface area contributed by atoms with Crippen molar-refractivity contribution in [2.75, 3.05) is 12.4 Å². The Balaban J connectivity index is 1.59. The Morgan fingerprint density at radius 2 is 2.12 bits per heavy atom. The van der Waals surface area contributed by atoms with E-state index in [0.717, 1.165) is 20.7 Å². The highest BCUT2D eigenvalue weighted by molar-refractivity contribution is 8.00. The molecule has 0 aliphatic carbocycles. The van der Waals surface area contributed by atoms with Gasteiger partial charge in [0.1, 0.15) is 5.76 Å². The number of nitrogens with zero attached hydrogens (tertiary/aromatic N) is 2. The second kappa shape index (κ2) is 7.50. The smallest absolute Gasteiger partial charge is 0.373 e. The molecule has 0 saturated carbocycles. The summed E-state index contributed by atoms with van der Waals surface area (Å²) in [5.74, 6) is 0.971. The number of furan rings is 1. The Labute approximate surface area is 147 Å². The topological polar surface area (TPSA) is 77.2 Å². The van der Waals surface area contributed by atoms with E-state index in [-0.39, 0.29) is 5.76 Å². The summed E-state index contributed by atoms with van der Waals surface area (Å²) in [6, 6.07) is 11.4. The van der Waals surface area contributed by atoms with Gasteiger partial charge in [-0.2, -0.15) is 0 Å². The highest BCUT2D eigenvalue weighted by Crippen LogP contribution is 2.30. The van der Waals surface area contributed by atoms with Crippen LogP contribution in [0.5, 0.6) is 0 Å². The van der Waals surface area contributed by atoms with Gasteiger partial charge in [0.25, 0.3) is 0 Å². The number of hydrogen-bond acceptors (Lipinski definition) is 8. The lowest BCUT2D eigenvalue weighted by atomic mass is 10.2. The van der Waals surface area contributed by atoms with Crippen LogP contribution in [-0.2, 0) is 10.5 Å². The average molecular weight is 361 g/mol. The van der Waals surface area contributed by atoms with E-state index in [1.807, 2.05) is 31.2 Å². The van der Waals surface area contributed by atoms with Gasteiger partial charge in [-0.3, -0.25) is 0 Å². The number of carbonyl (C=O) groups excluding carboxylic acids is 1. The number of methoxy groups -OCH3 is 1. The second-order valence-electron chi connectivity index (χ2n) is 4.86. The van der Waals surface area contributed by atoms with Gasteiger partial charge in [0.05, 0.1) is 12.9 Å². The molecule has 0 unspecified atom stereocenters. The normalized spacial score (nSPS) is 10.6. The number of carbonyl (C=O) groups is 1. The molecular formula is C16H15N3O3S2. The number of nitrogens with one attached hydrogen (secondary N) is 1. The maximum atomic E-state index is 11.4. The number of aryl methyl sites for hydroxylation is 1. The van der Waals surface area contributed by atoms with Crippen LogP contribution in [0.2, 0.25) is 0 Å². The highest BCUT2D eigenvalue weighted by atomic mass is 32.2. The maximum absolute atomic E-state index is 11.4. The van der Waals surface area contributed by atoms with E-state index in [0.29, 0.717) is 11.5 Å². The molecule has 0 atom stereocenters. The van der Waals surface area contributed by atoms with Crippen molar-refractivity contribution in [3.05, 3.63) is 53.5 Å². The van der Waals surface area contributed by atoms with Crippen LogP contribution < -0.4 is 5.32 Å². The molecule has 6 nitrogen and oxygen atoms in total. The molecule has 2 heterocycles. The quantitative estimate of drug-likeness (QED) is 0.519. The minimum atomic E-state index is -0.480. The van der Waals surface area contributed by atoms with Crippen molar-refractivity contribution in [1.82, 2.24) is 10.2 Å². The van der Waals surface area contributed by atoms with Gasteiger partial charge in [-0.25, -0.2) is 4.79 Å². The number of aromatic nitrogens is 2. The summed E-state index contributed by atoms with van der Waals surface area (Å²) in [4.78, 5) is 11.4. The van der Waals surface area contributed by atoms with E-state index >= 15 is 0 Å². The zero-order valence-electron chi connectivity index (χ0n) is 13.1. The molecule has 3 rings (SSSR count). The fourth-order valence-electron chi connectivity index (χ4n) is 1.95. The summed E-state index contributed by atoms with van der Waals surface area (Å²) in [5.41, 5.74) is 2.16. The third-order valence-corrected chi connectivity index (χ3v) is 5.17. The van der Waals surface area contributed by atoms with Crippen molar-refractivity contribution in [2.45, 2.75) is 17.0 Å². The second-order valence-corrected chi connectivity index (χ2v) is 7.06. The summed E-state index contributed by atoms with van der Waals surface area (Å²) < 4.78 is 10.9. The van der Waals surface area contributed by atoms with Crippen LogP contribution >= 0.6 is 23.1 Å². The number of esters is 1. The van der Waals surface area contributed by atoms with Crippen molar-refractivity contribution in [2.24, 2.45) is 0 Å². The van der Waals surface area contributed by atoms with Gasteiger partial charge >= 0.3 is 5.97 Å². The first-order valence-electron chi connectivity index (χ1n) is 7.11. The molecule has 0 bridgehead atoms. The molecule has 0 radical (unpaired) electrons. The fourth-order valence-corrected chi connectivity index (χ4v) is 3.60. The molecule has 2 aromatic heterocycles. The molecule has 124 valence electrons. The Kier molecular flexibility index (Phi) is 5.17. The standard InChI is InChI=1S/C16H15N3O3S2/c1-10-5-3-4-6-12(10)17-15-18-19-16(24-15)23-9-11-7-8-13(22-11)14(20)21-2/h3-8H,9H2,1-2H3,(H,17,18). The maximum Gasteiger partial charge on any atom is 0.373 e. The molecule has 0 aliphatic heterocycles. The molecule has 24 heavy (non-hydrogen) atoms. The van der Waals surface area contributed by atoms with E-state index in [9.17, 15) is 4.79 Å². The lowest BCUT2D eigenvalue weighted by molar-refractivity contribution is 0.0563. The minimum absolute atomic E-state index is 0.201. The summed E-state index contributed by atoms with van der Waals surface area (Å²) in [6.07, 6.45) is 0. The van der Waals surface area contributed by atoms with Gasteiger partial charge in [-0.15, -0.1) is 10.2 Å². The fraction of sp³-hybridized carbons (Fsp3) is 0.188. The molecule has 0 spiro atoms. The Hall–Kier alpha value is -2.32. The monoisotopic (exact) mass is 361 g/mol. The van der Waals surface area contributed by atoms with Crippen molar-refractivity contribution in [3.63, 3.8) is 0 Å². The van der Waals surface area contributed by atoms with Crippen LogP contribution in [0.3, 0.4) is 0 Å². The predicted molar refractivity (Wildman–Crippen MR) is 94.0 cm³/mol. The summed E-state index contributed by atoms with van der Waals surface area (Å²) in [7, 11) is 1.32. The van der Waals surface area contributed by atoms with Crippen LogP contribution in [-0.4, -0.2) is 23.3 Å². The summed E-state index contributed by atoms with van der Waals surface area (Å²) in [5, 5.41) is 12.3. The van der Waals surface area contributed by atoms with Crippen LogP contribution in [0.4, 0.5) is 10.8 Å². The molecule has 1 N–H and O–H groups in total. The number of para-hydroxylation sites is 1. The first kappa shape index (κ1) is 16.5. The lowest BCUT2D eigenvalue weighted by Gasteiger charge is -2.04. The number of rotatable bonds is 6. The van der Waals surface area contributed by atoms with Crippen LogP contribution in [0.25, 0.3) is 0 Å². The third-order valence-electron chi connectivity index (χ3n) is 3.18.